The Morgan fingerprint density at radius 1 is 1.57 bits per heavy atom. The number of halogens is 2. The summed E-state index contributed by atoms with van der Waals surface area (Å²) in [6.07, 6.45) is 6.12. The normalized spacial score (nSPS) is 21.6. The topological polar surface area (TPSA) is 16.1 Å². The maximum Gasteiger partial charge on any atom is 0.0566 e. The van der Waals surface area contributed by atoms with Crippen LogP contribution in [0.4, 0.5) is 5.69 Å². The summed E-state index contributed by atoms with van der Waals surface area (Å²) in [6.45, 7) is 1.09. The molecule has 0 N–H and O–H groups in total. The van der Waals surface area contributed by atoms with Crippen LogP contribution in [0.1, 0.15) is 12.8 Å². The van der Waals surface area contributed by atoms with Gasteiger partial charge in [0.1, 0.15) is 0 Å². The summed E-state index contributed by atoms with van der Waals surface area (Å²) in [5.41, 5.74) is 1.17. The molecule has 0 spiro atoms. The van der Waals surface area contributed by atoms with Crippen molar-refractivity contribution >= 4 is 33.2 Å². The zero-order chi connectivity index (χ0) is 9.97. The molecule has 1 fully saturated rings. The van der Waals surface area contributed by atoms with Crippen molar-refractivity contribution in [2.45, 2.75) is 18.9 Å². The van der Waals surface area contributed by atoms with Crippen LogP contribution >= 0.6 is 27.5 Å². The lowest BCUT2D eigenvalue weighted by atomic mass is 10.2. The summed E-state index contributed by atoms with van der Waals surface area (Å²) in [7, 11) is 0. The minimum Gasteiger partial charge on any atom is -0.366 e. The Bertz CT molecular complexity index is 319. The van der Waals surface area contributed by atoms with E-state index < -0.39 is 0 Å². The fourth-order valence-electron chi connectivity index (χ4n) is 1.89. The molecule has 1 atom stereocenters. The highest BCUT2D eigenvalue weighted by Gasteiger charge is 2.23. The molecule has 0 saturated carbocycles. The van der Waals surface area contributed by atoms with Gasteiger partial charge in [0.15, 0.2) is 0 Å². The standard InChI is InChI=1S/C10H12BrClN2/c11-8-4-10(7-13-6-8)14-3-1-2-9(14)5-12/h4,6-7,9H,1-3,5H2/t9-/m0/s1. The molecule has 0 amide bonds. The first-order valence-electron chi connectivity index (χ1n) is 4.74. The molecular weight excluding hydrogens is 263 g/mol. The fraction of sp³-hybridized carbons (Fsp3) is 0.500. The van der Waals surface area contributed by atoms with Crippen LogP contribution in [0.15, 0.2) is 22.9 Å². The molecular formula is C10H12BrClN2. The molecule has 2 rings (SSSR count). The lowest BCUT2D eigenvalue weighted by Gasteiger charge is -2.24. The summed E-state index contributed by atoms with van der Waals surface area (Å²) in [5.74, 6) is 0.701. The van der Waals surface area contributed by atoms with Crippen LogP contribution in [0.25, 0.3) is 0 Å². The lowest BCUT2D eigenvalue weighted by molar-refractivity contribution is 0.740. The van der Waals surface area contributed by atoms with Crippen LogP contribution in [0.3, 0.4) is 0 Å². The van der Waals surface area contributed by atoms with Crippen molar-refractivity contribution in [2.24, 2.45) is 0 Å². The van der Waals surface area contributed by atoms with Crippen molar-refractivity contribution in [1.82, 2.24) is 4.98 Å². The van der Waals surface area contributed by atoms with Crippen molar-refractivity contribution in [2.75, 3.05) is 17.3 Å². The SMILES string of the molecule is ClC[C@@H]1CCCN1c1cncc(Br)c1. The molecule has 0 aromatic carbocycles. The fourth-order valence-corrected chi connectivity index (χ4v) is 2.57. The molecule has 0 bridgehead atoms. The van der Waals surface area contributed by atoms with Crippen molar-refractivity contribution in [3.05, 3.63) is 22.9 Å². The van der Waals surface area contributed by atoms with Crippen molar-refractivity contribution in [3.63, 3.8) is 0 Å². The summed E-state index contributed by atoms with van der Waals surface area (Å²) in [4.78, 5) is 6.50. The summed E-state index contributed by atoms with van der Waals surface area (Å²) in [5, 5.41) is 0. The summed E-state index contributed by atoms with van der Waals surface area (Å²) in [6, 6.07) is 2.57. The van der Waals surface area contributed by atoms with Gasteiger partial charge in [0, 0.05) is 29.1 Å². The number of hydrogen-bond donors (Lipinski definition) is 0. The average molecular weight is 276 g/mol. The third-order valence-corrected chi connectivity index (χ3v) is 3.37. The van der Waals surface area contributed by atoms with Crippen LogP contribution in [0.5, 0.6) is 0 Å². The van der Waals surface area contributed by atoms with Crippen LogP contribution in [-0.2, 0) is 0 Å². The van der Waals surface area contributed by atoms with E-state index in [0.717, 1.165) is 11.0 Å². The van der Waals surface area contributed by atoms with Gasteiger partial charge in [-0.15, -0.1) is 11.6 Å². The molecule has 76 valence electrons. The quantitative estimate of drug-likeness (QED) is 0.771. The van der Waals surface area contributed by atoms with Gasteiger partial charge < -0.3 is 4.90 Å². The summed E-state index contributed by atoms with van der Waals surface area (Å²) >= 11 is 9.35. The molecule has 2 heterocycles. The van der Waals surface area contributed by atoms with E-state index in [1.54, 1.807) is 6.20 Å². The second-order valence-electron chi connectivity index (χ2n) is 3.51. The maximum atomic E-state index is 5.92. The Balaban J connectivity index is 2.21. The second kappa shape index (κ2) is 4.49. The number of nitrogens with zero attached hydrogens (tertiary/aromatic N) is 2. The van der Waals surface area contributed by atoms with Crippen molar-refractivity contribution in [1.29, 1.82) is 0 Å². The van der Waals surface area contributed by atoms with E-state index >= 15 is 0 Å². The van der Waals surface area contributed by atoms with Crippen LogP contribution in [0.2, 0.25) is 0 Å². The molecule has 0 aliphatic carbocycles. The maximum absolute atomic E-state index is 5.92. The highest BCUT2D eigenvalue weighted by Crippen LogP contribution is 2.27. The molecule has 1 aromatic rings. The van der Waals surface area contributed by atoms with E-state index in [4.69, 9.17) is 11.6 Å². The van der Waals surface area contributed by atoms with Crippen LogP contribution in [-0.4, -0.2) is 23.5 Å². The first-order valence-corrected chi connectivity index (χ1v) is 6.07. The van der Waals surface area contributed by atoms with E-state index in [9.17, 15) is 0 Å². The van der Waals surface area contributed by atoms with Gasteiger partial charge in [-0.2, -0.15) is 0 Å². The van der Waals surface area contributed by atoms with Gasteiger partial charge in [-0.3, -0.25) is 4.98 Å². The van der Waals surface area contributed by atoms with Gasteiger partial charge in [-0.05, 0) is 34.8 Å². The van der Waals surface area contributed by atoms with Crippen molar-refractivity contribution < 1.29 is 0 Å². The zero-order valence-corrected chi connectivity index (χ0v) is 10.1. The number of rotatable bonds is 2. The zero-order valence-electron chi connectivity index (χ0n) is 7.79. The van der Waals surface area contributed by atoms with Gasteiger partial charge in [-0.25, -0.2) is 0 Å². The highest BCUT2D eigenvalue weighted by molar-refractivity contribution is 9.10. The molecule has 4 heteroatoms. The molecule has 0 unspecified atom stereocenters. The minimum atomic E-state index is 0.479. The van der Waals surface area contributed by atoms with E-state index in [1.165, 1.54) is 18.5 Å². The number of aromatic nitrogens is 1. The Morgan fingerprint density at radius 2 is 2.43 bits per heavy atom. The van der Waals surface area contributed by atoms with Gasteiger partial charge >= 0.3 is 0 Å². The van der Waals surface area contributed by atoms with E-state index in [-0.39, 0.29) is 0 Å². The number of alkyl halides is 1. The molecule has 2 nitrogen and oxygen atoms in total. The van der Waals surface area contributed by atoms with Crippen LogP contribution in [0, 0.1) is 0 Å². The average Bonchev–Trinajstić information content (AvgIpc) is 2.65. The molecule has 14 heavy (non-hydrogen) atoms. The predicted molar refractivity (Wildman–Crippen MR) is 63.0 cm³/mol. The monoisotopic (exact) mass is 274 g/mol. The molecule has 1 aromatic heterocycles. The molecule has 1 aliphatic heterocycles. The smallest absolute Gasteiger partial charge is 0.0566 e. The number of pyridine rings is 1. The minimum absolute atomic E-state index is 0.479. The van der Waals surface area contributed by atoms with Crippen molar-refractivity contribution in [3.8, 4) is 0 Å². The van der Waals surface area contributed by atoms with Crippen LogP contribution < -0.4 is 4.90 Å². The second-order valence-corrected chi connectivity index (χ2v) is 4.73. The van der Waals surface area contributed by atoms with E-state index in [2.05, 4.69) is 31.9 Å². The molecule has 1 aliphatic rings. The van der Waals surface area contributed by atoms with Gasteiger partial charge in [-0.1, -0.05) is 0 Å². The highest BCUT2D eigenvalue weighted by atomic mass is 79.9. The van der Waals surface area contributed by atoms with Gasteiger partial charge in [0.25, 0.3) is 0 Å². The third kappa shape index (κ3) is 2.04. The van der Waals surface area contributed by atoms with E-state index in [1.807, 2.05) is 6.20 Å². The molecule has 0 radical (unpaired) electrons. The Hall–Kier alpha value is -0.280. The Morgan fingerprint density at radius 3 is 3.14 bits per heavy atom. The number of hydrogen-bond acceptors (Lipinski definition) is 2. The Kier molecular flexibility index (Phi) is 3.29. The largest absolute Gasteiger partial charge is 0.366 e. The summed E-state index contributed by atoms with van der Waals surface area (Å²) < 4.78 is 1.02. The first kappa shape index (κ1) is 10.2. The lowest BCUT2D eigenvalue weighted by Crippen LogP contribution is -2.30. The van der Waals surface area contributed by atoms with E-state index in [0.29, 0.717) is 11.9 Å². The number of anilines is 1. The predicted octanol–water partition coefficient (Wildman–Crippen LogP) is 3.05. The Labute approximate surface area is 97.4 Å². The van der Waals surface area contributed by atoms with Gasteiger partial charge in [0.2, 0.25) is 0 Å². The van der Waals surface area contributed by atoms with Gasteiger partial charge in [0.05, 0.1) is 11.9 Å². The first-order chi connectivity index (χ1) is 6.81. The third-order valence-electron chi connectivity index (χ3n) is 2.58. The molecule has 1 saturated heterocycles.